The molecule has 0 saturated carbocycles. The van der Waals surface area contributed by atoms with E-state index in [-0.39, 0.29) is 6.04 Å². The van der Waals surface area contributed by atoms with Crippen molar-refractivity contribution in [1.29, 1.82) is 0 Å². The minimum Gasteiger partial charge on any atom is -0.487 e. The van der Waals surface area contributed by atoms with Gasteiger partial charge in [-0.2, -0.15) is 0 Å². The fourth-order valence-corrected chi connectivity index (χ4v) is 3.12. The molecule has 0 fully saturated rings. The summed E-state index contributed by atoms with van der Waals surface area (Å²) in [5.41, 5.74) is 4.46. The van der Waals surface area contributed by atoms with E-state index in [9.17, 15) is 0 Å². The number of nitrogens with zero attached hydrogens (tertiary/aromatic N) is 3. The van der Waals surface area contributed by atoms with Gasteiger partial charge in [0.05, 0.1) is 12.0 Å². The first-order valence-electron chi connectivity index (χ1n) is 9.71. The van der Waals surface area contributed by atoms with E-state index in [1.807, 2.05) is 41.1 Å². The van der Waals surface area contributed by atoms with Crippen LogP contribution < -0.4 is 10.1 Å². The molecule has 0 spiro atoms. The van der Waals surface area contributed by atoms with E-state index in [1.165, 1.54) is 11.1 Å². The highest BCUT2D eigenvalue weighted by Gasteiger charge is 2.06. The Morgan fingerprint density at radius 1 is 1.00 bits per heavy atom. The summed E-state index contributed by atoms with van der Waals surface area (Å²) in [4.78, 5) is 8.38. The van der Waals surface area contributed by atoms with E-state index >= 15 is 0 Å². The predicted octanol–water partition coefficient (Wildman–Crippen LogP) is 4.70. The molecule has 4 aromatic rings. The van der Waals surface area contributed by atoms with Crippen LogP contribution in [0.15, 0.2) is 91.6 Å². The van der Waals surface area contributed by atoms with Crippen LogP contribution in [0.3, 0.4) is 0 Å². The van der Waals surface area contributed by atoms with Crippen molar-refractivity contribution in [2.75, 3.05) is 0 Å². The maximum Gasteiger partial charge on any atom is 0.130 e. The Morgan fingerprint density at radius 3 is 2.66 bits per heavy atom. The number of hydrogen-bond acceptors (Lipinski definition) is 4. The highest BCUT2D eigenvalue weighted by molar-refractivity contribution is 5.35. The summed E-state index contributed by atoms with van der Waals surface area (Å²) in [5.74, 6) is 0.854. The van der Waals surface area contributed by atoms with Crippen molar-refractivity contribution in [2.24, 2.45) is 0 Å². The molecular weight excluding hydrogens is 360 g/mol. The Morgan fingerprint density at radius 2 is 1.90 bits per heavy atom. The number of aromatic nitrogens is 3. The molecule has 0 aliphatic heterocycles. The van der Waals surface area contributed by atoms with Gasteiger partial charge in [-0.05, 0) is 54.4 Å². The molecule has 0 aliphatic rings. The molecular formula is C24H24N4O. The zero-order valence-corrected chi connectivity index (χ0v) is 16.4. The van der Waals surface area contributed by atoms with Crippen molar-refractivity contribution in [1.82, 2.24) is 19.9 Å². The zero-order chi connectivity index (χ0) is 19.9. The molecule has 0 saturated heterocycles. The topological polar surface area (TPSA) is 52.0 Å². The number of rotatable bonds is 8. The van der Waals surface area contributed by atoms with E-state index in [4.69, 9.17) is 4.74 Å². The van der Waals surface area contributed by atoms with Crippen LogP contribution in [-0.4, -0.2) is 14.5 Å². The lowest BCUT2D eigenvalue weighted by atomic mass is 10.1. The molecule has 29 heavy (non-hydrogen) atoms. The van der Waals surface area contributed by atoms with Crippen LogP contribution in [-0.2, 0) is 13.2 Å². The Labute approximate surface area is 171 Å². The zero-order valence-electron chi connectivity index (χ0n) is 16.4. The molecule has 5 nitrogen and oxygen atoms in total. The van der Waals surface area contributed by atoms with Crippen molar-refractivity contribution in [3.63, 3.8) is 0 Å². The molecule has 4 rings (SSSR count). The fraction of sp³-hybridized carbons (Fsp3) is 0.167. The minimum atomic E-state index is 0.241. The highest BCUT2D eigenvalue weighted by Crippen LogP contribution is 2.18. The lowest BCUT2D eigenvalue weighted by molar-refractivity contribution is 0.301. The van der Waals surface area contributed by atoms with Crippen molar-refractivity contribution < 1.29 is 4.74 Å². The lowest BCUT2D eigenvalue weighted by Gasteiger charge is -2.15. The molecule has 2 aromatic heterocycles. The second-order valence-electron chi connectivity index (χ2n) is 6.92. The van der Waals surface area contributed by atoms with Gasteiger partial charge in [0, 0.05) is 36.9 Å². The van der Waals surface area contributed by atoms with Gasteiger partial charge in [-0.25, -0.2) is 4.98 Å². The molecule has 146 valence electrons. The van der Waals surface area contributed by atoms with Crippen LogP contribution in [0.4, 0.5) is 0 Å². The van der Waals surface area contributed by atoms with E-state index in [2.05, 4.69) is 58.6 Å². The maximum absolute atomic E-state index is 5.88. The molecule has 0 radical (unpaired) electrons. The van der Waals surface area contributed by atoms with E-state index in [0.717, 1.165) is 23.7 Å². The van der Waals surface area contributed by atoms with Crippen LogP contribution in [0.5, 0.6) is 5.75 Å². The van der Waals surface area contributed by atoms with Crippen molar-refractivity contribution >= 4 is 0 Å². The molecule has 0 amide bonds. The Hall–Kier alpha value is -3.44. The standard InChI is InChI=1S/C24H24N4O/c1-19(21-8-10-23(11-9-21)28-14-13-25-18-28)27-16-20-5-4-7-24(15-20)29-17-22-6-2-3-12-26-22/h2-15,18-19,27H,16-17H2,1H3/t19-/m1/s1. The Kier molecular flexibility index (Phi) is 5.98. The van der Waals surface area contributed by atoms with E-state index in [1.54, 1.807) is 18.7 Å². The SMILES string of the molecule is C[C@@H](NCc1cccc(OCc2ccccn2)c1)c1ccc(-n2ccnc2)cc1. The number of pyridine rings is 1. The monoisotopic (exact) mass is 384 g/mol. The Bertz CT molecular complexity index is 1010. The van der Waals surface area contributed by atoms with Crippen molar-refractivity contribution in [3.8, 4) is 11.4 Å². The van der Waals surface area contributed by atoms with E-state index < -0.39 is 0 Å². The summed E-state index contributed by atoms with van der Waals surface area (Å²) in [7, 11) is 0. The highest BCUT2D eigenvalue weighted by atomic mass is 16.5. The van der Waals surface area contributed by atoms with Crippen LogP contribution in [0.25, 0.3) is 5.69 Å². The Balaban J connectivity index is 1.32. The van der Waals surface area contributed by atoms with E-state index in [0.29, 0.717) is 6.61 Å². The lowest BCUT2D eigenvalue weighted by Crippen LogP contribution is -2.18. The van der Waals surface area contributed by atoms with Gasteiger partial charge in [0.2, 0.25) is 0 Å². The summed E-state index contributed by atoms with van der Waals surface area (Å²) >= 11 is 0. The number of nitrogens with one attached hydrogen (secondary N) is 1. The van der Waals surface area contributed by atoms with Crippen LogP contribution in [0.2, 0.25) is 0 Å². The van der Waals surface area contributed by atoms with Crippen molar-refractivity contribution in [2.45, 2.75) is 26.1 Å². The molecule has 0 unspecified atom stereocenters. The first-order valence-corrected chi connectivity index (χ1v) is 9.71. The molecule has 0 bridgehead atoms. The van der Waals surface area contributed by atoms with Crippen LogP contribution in [0.1, 0.15) is 29.8 Å². The molecule has 1 N–H and O–H groups in total. The average Bonchev–Trinajstić information content (AvgIpc) is 3.32. The molecule has 1 atom stereocenters. The fourth-order valence-electron chi connectivity index (χ4n) is 3.12. The van der Waals surface area contributed by atoms with Crippen molar-refractivity contribution in [3.05, 3.63) is 108 Å². The first kappa shape index (κ1) is 18.9. The molecule has 0 aliphatic carbocycles. The summed E-state index contributed by atoms with van der Waals surface area (Å²) in [5, 5.41) is 3.58. The minimum absolute atomic E-state index is 0.241. The number of ether oxygens (including phenoxy) is 1. The van der Waals surface area contributed by atoms with Gasteiger partial charge in [0.15, 0.2) is 0 Å². The number of hydrogen-bond donors (Lipinski definition) is 1. The summed E-state index contributed by atoms with van der Waals surface area (Å²) in [6.07, 6.45) is 7.31. The summed E-state index contributed by atoms with van der Waals surface area (Å²) in [6.45, 7) is 3.41. The normalized spacial score (nSPS) is 11.9. The predicted molar refractivity (Wildman–Crippen MR) is 114 cm³/mol. The smallest absolute Gasteiger partial charge is 0.130 e. The first-order chi connectivity index (χ1) is 14.3. The quantitative estimate of drug-likeness (QED) is 0.479. The van der Waals surface area contributed by atoms with Gasteiger partial charge >= 0.3 is 0 Å². The maximum atomic E-state index is 5.88. The van der Waals surface area contributed by atoms with Crippen LogP contribution in [0, 0.1) is 0 Å². The van der Waals surface area contributed by atoms with Gasteiger partial charge in [-0.3, -0.25) is 4.98 Å². The molecule has 2 heterocycles. The van der Waals surface area contributed by atoms with Gasteiger partial charge in [0.1, 0.15) is 12.4 Å². The third-order valence-electron chi connectivity index (χ3n) is 4.82. The second kappa shape index (κ2) is 9.17. The van der Waals surface area contributed by atoms with Gasteiger partial charge < -0.3 is 14.6 Å². The third-order valence-corrected chi connectivity index (χ3v) is 4.82. The summed E-state index contributed by atoms with van der Waals surface area (Å²) in [6, 6.07) is 22.8. The molecule has 5 heteroatoms. The summed E-state index contributed by atoms with van der Waals surface area (Å²) < 4.78 is 7.87. The second-order valence-corrected chi connectivity index (χ2v) is 6.92. The van der Waals surface area contributed by atoms with Crippen LogP contribution >= 0.6 is 0 Å². The largest absolute Gasteiger partial charge is 0.487 e. The molecule has 2 aromatic carbocycles. The number of imidazole rings is 1. The van der Waals surface area contributed by atoms with Gasteiger partial charge in [-0.1, -0.05) is 30.3 Å². The third kappa shape index (κ3) is 5.09. The van der Waals surface area contributed by atoms with Gasteiger partial charge in [0.25, 0.3) is 0 Å². The average molecular weight is 384 g/mol. The number of benzene rings is 2. The van der Waals surface area contributed by atoms with Gasteiger partial charge in [-0.15, -0.1) is 0 Å².